The highest BCUT2D eigenvalue weighted by Crippen LogP contribution is 2.34. The largest absolute Gasteiger partial charge is 0.496 e. The highest BCUT2D eigenvalue weighted by Gasteiger charge is 2.18. The molecular weight excluding hydrogens is 329 g/mol. The van der Waals surface area contributed by atoms with Crippen LogP contribution in [0.4, 0.5) is 0 Å². The van der Waals surface area contributed by atoms with Gasteiger partial charge in [-0.1, -0.05) is 46.9 Å². The van der Waals surface area contributed by atoms with Gasteiger partial charge in [0.05, 0.1) is 17.2 Å². The van der Waals surface area contributed by atoms with E-state index < -0.39 is 0 Å². The molecule has 0 bridgehead atoms. The van der Waals surface area contributed by atoms with Crippen molar-refractivity contribution in [3.8, 4) is 5.75 Å². The first-order chi connectivity index (χ1) is 10.1. The Morgan fingerprint density at radius 2 is 1.90 bits per heavy atom. The summed E-state index contributed by atoms with van der Waals surface area (Å²) < 4.78 is 5.40. The second-order valence-electron chi connectivity index (χ2n) is 4.74. The second-order valence-corrected chi connectivity index (χ2v) is 5.96. The average molecular weight is 345 g/mol. The first-order valence-corrected chi connectivity index (χ1v) is 7.66. The van der Waals surface area contributed by atoms with E-state index in [9.17, 15) is 0 Å². The molecule has 0 fully saturated rings. The fourth-order valence-electron chi connectivity index (χ4n) is 2.32. The lowest BCUT2D eigenvalue weighted by Gasteiger charge is -2.19. The molecule has 2 aromatic rings. The van der Waals surface area contributed by atoms with Gasteiger partial charge in [-0.15, -0.1) is 0 Å². The van der Waals surface area contributed by atoms with Gasteiger partial charge in [0.2, 0.25) is 0 Å². The number of nitrogens with two attached hydrogens (primary N) is 1. The fraction of sp³-hybridized carbons (Fsp3) is 0.250. The molecular formula is C16H16Cl3NO. The molecule has 0 spiro atoms. The molecule has 0 amide bonds. The first kappa shape index (κ1) is 16.4. The molecule has 1 atom stereocenters. The van der Waals surface area contributed by atoms with E-state index in [4.69, 9.17) is 45.3 Å². The van der Waals surface area contributed by atoms with Crippen molar-refractivity contribution >= 4 is 34.8 Å². The molecule has 0 aliphatic rings. The maximum atomic E-state index is 6.26. The van der Waals surface area contributed by atoms with Crippen LogP contribution in [0.25, 0.3) is 0 Å². The zero-order chi connectivity index (χ0) is 15.4. The van der Waals surface area contributed by atoms with E-state index in [-0.39, 0.29) is 5.92 Å². The van der Waals surface area contributed by atoms with E-state index in [1.165, 1.54) is 0 Å². The highest BCUT2D eigenvalue weighted by molar-refractivity contribution is 6.42. The normalized spacial score (nSPS) is 12.2. The van der Waals surface area contributed by atoms with Crippen LogP contribution in [-0.2, 0) is 6.42 Å². The average Bonchev–Trinajstić information content (AvgIpc) is 2.49. The molecule has 2 nitrogen and oxygen atoms in total. The summed E-state index contributed by atoms with van der Waals surface area (Å²) in [5.74, 6) is 0.822. The number of ether oxygens (including phenoxy) is 1. The topological polar surface area (TPSA) is 35.2 Å². The third-order valence-corrected chi connectivity index (χ3v) is 4.51. The quantitative estimate of drug-likeness (QED) is 0.833. The Labute approximate surface area is 139 Å². The summed E-state index contributed by atoms with van der Waals surface area (Å²) in [6.07, 6.45) is 0.673. The van der Waals surface area contributed by atoms with Gasteiger partial charge >= 0.3 is 0 Å². The molecule has 21 heavy (non-hydrogen) atoms. The summed E-state index contributed by atoms with van der Waals surface area (Å²) in [7, 11) is 1.63. The molecule has 2 N–H and O–H groups in total. The summed E-state index contributed by atoms with van der Waals surface area (Å²) in [6.45, 7) is 0.458. The summed E-state index contributed by atoms with van der Waals surface area (Å²) >= 11 is 18.4. The van der Waals surface area contributed by atoms with Gasteiger partial charge in [0, 0.05) is 16.5 Å². The molecule has 0 aliphatic heterocycles. The minimum Gasteiger partial charge on any atom is -0.496 e. The van der Waals surface area contributed by atoms with E-state index in [1.54, 1.807) is 19.2 Å². The summed E-state index contributed by atoms with van der Waals surface area (Å²) in [4.78, 5) is 0. The maximum absolute atomic E-state index is 6.26. The van der Waals surface area contributed by atoms with Crippen molar-refractivity contribution in [1.29, 1.82) is 0 Å². The molecule has 0 radical (unpaired) electrons. The Bertz CT molecular complexity index is 631. The van der Waals surface area contributed by atoms with Crippen LogP contribution in [0.2, 0.25) is 15.1 Å². The lowest BCUT2D eigenvalue weighted by molar-refractivity contribution is 0.405. The predicted octanol–water partition coefficient (Wildman–Crippen LogP) is 4.94. The van der Waals surface area contributed by atoms with Crippen molar-refractivity contribution in [2.45, 2.75) is 12.3 Å². The third kappa shape index (κ3) is 3.83. The van der Waals surface area contributed by atoms with Crippen LogP contribution in [0.15, 0.2) is 36.4 Å². The van der Waals surface area contributed by atoms with E-state index in [0.29, 0.717) is 28.0 Å². The van der Waals surface area contributed by atoms with Gasteiger partial charge in [0.15, 0.2) is 0 Å². The number of hydrogen-bond acceptors (Lipinski definition) is 2. The van der Waals surface area contributed by atoms with Crippen molar-refractivity contribution in [1.82, 2.24) is 0 Å². The van der Waals surface area contributed by atoms with E-state index in [0.717, 1.165) is 16.9 Å². The van der Waals surface area contributed by atoms with Gasteiger partial charge in [-0.2, -0.15) is 0 Å². The zero-order valence-electron chi connectivity index (χ0n) is 11.6. The van der Waals surface area contributed by atoms with Crippen LogP contribution in [0, 0.1) is 0 Å². The van der Waals surface area contributed by atoms with E-state index >= 15 is 0 Å². The molecule has 112 valence electrons. The Morgan fingerprint density at radius 3 is 2.57 bits per heavy atom. The van der Waals surface area contributed by atoms with Crippen LogP contribution in [0.1, 0.15) is 17.0 Å². The predicted molar refractivity (Wildman–Crippen MR) is 90.0 cm³/mol. The van der Waals surface area contributed by atoms with Crippen molar-refractivity contribution < 1.29 is 4.74 Å². The highest BCUT2D eigenvalue weighted by atomic mass is 35.5. The van der Waals surface area contributed by atoms with Crippen molar-refractivity contribution in [3.05, 3.63) is 62.6 Å². The lowest BCUT2D eigenvalue weighted by atomic mass is 9.91. The van der Waals surface area contributed by atoms with Crippen molar-refractivity contribution in [2.24, 2.45) is 5.73 Å². The second kappa shape index (κ2) is 7.37. The van der Waals surface area contributed by atoms with Crippen molar-refractivity contribution in [2.75, 3.05) is 13.7 Å². The minimum atomic E-state index is 0.0506. The molecule has 0 saturated carbocycles. The fourth-order valence-corrected chi connectivity index (χ4v) is 2.89. The number of methoxy groups -OCH3 is 1. The Hall–Kier alpha value is -0.930. The number of rotatable bonds is 5. The Balaban J connectivity index is 2.36. The molecule has 2 rings (SSSR count). The van der Waals surface area contributed by atoms with E-state index in [2.05, 4.69) is 0 Å². The monoisotopic (exact) mass is 343 g/mol. The first-order valence-electron chi connectivity index (χ1n) is 6.53. The summed E-state index contributed by atoms with van der Waals surface area (Å²) in [5, 5.41) is 1.77. The maximum Gasteiger partial charge on any atom is 0.122 e. The van der Waals surface area contributed by atoms with Crippen LogP contribution in [-0.4, -0.2) is 13.7 Å². The number of halogens is 3. The molecule has 0 aromatic heterocycles. The third-order valence-electron chi connectivity index (χ3n) is 3.41. The SMILES string of the molecule is COc1ccc(Cl)cc1C(CN)Cc1cccc(Cl)c1Cl. The summed E-state index contributed by atoms with van der Waals surface area (Å²) in [5.41, 5.74) is 7.88. The van der Waals surface area contributed by atoms with Crippen LogP contribution in [0.5, 0.6) is 5.75 Å². The zero-order valence-corrected chi connectivity index (χ0v) is 13.8. The Kier molecular flexibility index (Phi) is 5.77. The smallest absolute Gasteiger partial charge is 0.122 e. The molecule has 0 aliphatic carbocycles. The molecule has 2 aromatic carbocycles. The summed E-state index contributed by atoms with van der Waals surface area (Å²) in [6, 6.07) is 11.1. The molecule has 1 unspecified atom stereocenters. The number of hydrogen-bond donors (Lipinski definition) is 1. The molecule has 5 heteroatoms. The van der Waals surface area contributed by atoms with Crippen molar-refractivity contribution in [3.63, 3.8) is 0 Å². The minimum absolute atomic E-state index is 0.0506. The van der Waals surface area contributed by atoms with Gasteiger partial charge in [0.25, 0.3) is 0 Å². The van der Waals surface area contributed by atoms with Gasteiger partial charge in [-0.25, -0.2) is 0 Å². The van der Waals surface area contributed by atoms with Gasteiger partial charge in [0.1, 0.15) is 5.75 Å². The van der Waals surface area contributed by atoms with Gasteiger partial charge < -0.3 is 10.5 Å². The van der Waals surface area contributed by atoms with Gasteiger partial charge in [-0.3, -0.25) is 0 Å². The van der Waals surface area contributed by atoms with Crippen LogP contribution < -0.4 is 10.5 Å². The van der Waals surface area contributed by atoms with Crippen LogP contribution >= 0.6 is 34.8 Å². The van der Waals surface area contributed by atoms with Gasteiger partial charge in [-0.05, 0) is 42.8 Å². The standard InChI is InChI=1S/C16H16Cl3NO/c1-21-15-6-5-12(17)8-13(15)11(9-20)7-10-3-2-4-14(18)16(10)19/h2-6,8,11H,7,9,20H2,1H3. The van der Waals surface area contributed by atoms with Crippen LogP contribution in [0.3, 0.4) is 0 Å². The number of benzene rings is 2. The molecule has 0 heterocycles. The Morgan fingerprint density at radius 1 is 1.14 bits per heavy atom. The lowest BCUT2D eigenvalue weighted by Crippen LogP contribution is -2.16. The van der Waals surface area contributed by atoms with E-state index in [1.807, 2.05) is 24.3 Å². The molecule has 0 saturated heterocycles.